The smallest absolute Gasteiger partial charge is 0.0541 e. The van der Waals surface area contributed by atoms with E-state index in [0.29, 0.717) is 0 Å². The minimum Gasteiger partial charge on any atom is -0.310 e. The lowest BCUT2D eigenvalue weighted by molar-refractivity contribution is 0.660. The number of anilines is 6. The second-order valence-electron chi connectivity index (χ2n) is 17.4. The van der Waals surface area contributed by atoms with E-state index < -0.39 is 0 Å². The molecule has 0 amide bonds. The van der Waals surface area contributed by atoms with Crippen LogP contribution in [0.4, 0.5) is 34.1 Å². The summed E-state index contributed by atoms with van der Waals surface area (Å²) >= 11 is 0. The van der Waals surface area contributed by atoms with Crippen LogP contribution < -0.4 is 9.80 Å². The van der Waals surface area contributed by atoms with Gasteiger partial charge in [-0.05, 0) is 124 Å². The number of hydrogen-bond donors (Lipinski definition) is 0. The Hall–Kier alpha value is -8.14. The number of hydrogen-bond acceptors (Lipinski definition) is 2. The summed E-state index contributed by atoms with van der Waals surface area (Å²) in [6.45, 7) is 4.72. The fourth-order valence-electron chi connectivity index (χ4n) is 10.3. The zero-order valence-electron chi connectivity index (χ0n) is 35.9. The molecule has 1 aliphatic rings. The Bertz CT molecular complexity index is 3530. The normalized spacial score (nSPS) is 12.7. The average Bonchev–Trinajstić information content (AvgIpc) is 3.80. The Labute approximate surface area is 374 Å². The van der Waals surface area contributed by atoms with Gasteiger partial charge in [-0.1, -0.05) is 159 Å². The van der Waals surface area contributed by atoms with Crippen molar-refractivity contribution in [2.75, 3.05) is 9.80 Å². The molecule has 0 unspecified atom stereocenters. The second kappa shape index (κ2) is 15.0. The molecule has 1 aromatic heterocycles. The van der Waals surface area contributed by atoms with Gasteiger partial charge in [0.25, 0.3) is 0 Å². The molecule has 0 saturated carbocycles. The minimum atomic E-state index is -0.137. The van der Waals surface area contributed by atoms with Gasteiger partial charge in [-0.3, -0.25) is 0 Å². The summed E-state index contributed by atoms with van der Waals surface area (Å²) < 4.78 is 2.39. The number of aromatic nitrogens is 1. The van der Waals surface area contributed by atoms with Crippen LogP contribution in [0, 0.1) is 0 Å². The van der Waals surface area contributed by atoms with E-state index in [1.165, 1.54) is 54.8 Å². The van der Waals surface area contributed by atoms with Crippen LogP contribution in [0.1, 0.15) is 25.0 Å². The Kier molecular flexibility index (Phi) is 8.84. The summed E-state index contributed by atoms with van der Waals surface area (Å²) in [6, 6.07) is 86.5. The third-order valence-corrected chi connectivity index (χ3v) is 13.3. The number of para-hydroxylation sites is 4. The van der Waals surface area contributed by atoms with Gasteiger partial charge in [0, 0.05) is 55.6 Å². The lowest BCUT2D eigenvalue weighted by Crippen LogP contribution is -2.17. The first-order chi connectivity index (χ1) is 31.5. The zero-order valence-corrected chi connectivity index (χ0v) is 35.9. The fraction of sp³-hybridized carbons (Fsp3) is 0.0492. The highest BCUT2D eigenvalue weighted by atomic mass is 15.2. The van der Waals surface area contributed by atoms with Crippen molar-refractivity contribution >= 4 is 66.7 Å². The van der Waals surface area contributed by atoms with Crippen molar-refractivity contribution in [1.29, 1.82) is 0 Å². The predicted octanol–water partition coefficient (Wildman–Crippen LogP) is 16.8. The van der Waals surface area contributed by atoms with Crippen molar-refractivity contribution in [3.63, 3.8) is 0 Å². The van der Waals surface area contributed by atoms with E-state index >= 15 is 0 Å². The van der Waals surface area contributed by atoms with E-state index in [2.05, 4.69) is 265 Å². The molecule has 64 heavy (non-hydrogen) atoms. The minimum absolute atomic E-state index is 0.137. The second-order valence-corrected chi connectivity index (χ2v) is 17.4. The maximum atomic E-state index is 2.45. The SMILES string of the molecule is CC1(C)c2ccccc2-c2ccc(N(c3ccccc3)c3ccc(N(c4ccccc4)c4cccc5ccccc45)c(-c4ccc5c(c4)c4ccccc4n5-c4ccccc4)c3)cc21. The molecule has 0 aliphatic heterocycles. The molecule has 0 radical (unpaired) electrons. The molecule has 0 spiro atoms. The van der Waals surface area contributed by atoms with Crippen LogP contribution in [0.2, 0.25) is 0 Å². The van der Waals surface area contributed by atoms with E-state index in [-0.39, 0.29) is 5.41 Å². The van der Waals surface area contributed by atoms with Crippen LogP contribution in [-0.4, -0.2) is 4.57 Å². The van der Waals surface area contributed by atoms with E-state index in [9.17, 15) is 0 Å². The molecule has 304 valence electrons. The van der Waals surface area contributed by atoms with E-state index in [1.54, 1.807) is 0 Å². The third-order valence-electron chi connectivity index (χ3n) is 13.3. The van der Waals surface area contributed by atoms with Crippen molar-refractivity contribution in [2.45, 2.75) is 19.3 Å². The van der Waals surface area contributed by atoms with Crippen molar-refractivity contribution in [3.05, 3.63) is 248 Å². The molecule has 11 aromatic rings. The quantitative estimate of drug-likeness (QED) is 0.151. The first-order valence-electron chi connectivity index (χ1n) is 22.2. The largest absolute Gasteiger partial charge is 0.310 e. The summed E-state index contributed by atoms with van der Waals surface area (Å²) in [6.07, 6.45) is 0. The summed E-state index contributed by atoms with van der Waals surface area (Å²) in [5, 5.41) is 4.83. The van der Waals surface area contributed by atoms with Gasteiger partial charge < -0.3 is 14.4 Å². The molecule has 1 aliphatic carbocycles. The van der Waals surface area contributed by atoms with Gasteiger partial charge in [-0.2, -0.15) is 0 Å². The maximum Gasteiger partial charge on any atom is 0.0541 e. The van der Waals surface area contributed by atoms with Crippen molar-refractivity contribution < 1.29 is 0 Å². The van der Waals surface area contributed by atoms with E-state index in [1.807, 2.05) is 0 Å². The zero-order chi connectivity index (χ0) is 42.8. The summed E-state index contributed by atoms with van der Waals surface area (Å²) in [5.41, 5.74) is 17.6. The van der Waals surface area contributed by atoms with Crippen LogP contribution in [-0.2, 0) is 5.41 Å². The van der Waals surface area contributed by atoms with Crippen molar-refractivity contribution in [1.82, 2.24) is 4.57 Å². The molecule has 0 fully saturated rings. The van der Waals surface area contributed by atoms with Crippen LogP contribution in [0.25, 0.3) is 60.5 Å². The van der Waals surface area contributed by atoms with E-state index in [0.717, 1.165) is 50.9 Å². The molecular formula is C61H45N3. The van der Waals surface area contributed by atoms with Gasteiger partial charge >= 0.3 is 0 Å². The highest BCUT2D eigenvalue weighted by molar-refractivity contribution is 6.11. The lowest BCUT2D eigenvalue weighted by Gasteiger charge is -2.32. The first kappa shape index (κ1) is 37.6. The predicted molar refractivity (Wildman–Crippen MR) is 271 cm³/mol. The monoisotopic (exact) mass is 819 g/mol. The topological polar surface area (TPSA) is 11.4 Å². The third kappa shape index (κ3) is 6.04. The van der Waals surface area contributed by atoms with Gasteiger partial charge in [-0.15, -0.1) is 0 Å². The number of rotatable bonds is 8. The molecule has 10 aromatic carbocycles. The molecule has 0 N–H and O–H groups in total. The molecule has 3 heteroatoms. The number of nitrogens with zero attached hydrogens (tertiary/aromatic N) is 3. The standard InChI is InChI=1S/C61H45N3/c1-61(2)55-30-16-14-28-50(55)51-36-34-48(41-56(51)61)62(44-21-6-3-7-22-44)47-35-38-59(63(45-23-8-4-9-24-45)57-32-18-20-42-19-12-13-27-49(42)57)53(40-47)43-33-37-60-54(39-43)52-29-15-17-31-58(52)64(60)46-25-10-5-11-26-46/h3-41H,1-2H3. The summed E-state index contributed by atoms with van der Waals surface area (Å²) in [5.74, 6) is 0. The molecular weight excluding hydrogens is 775 g/mol. The summed E-state index contributed by atoms with van der Waals surface area (Å²) in [4.78, 5) is 4.87. The number of fused-ring (bicyclic) bond motifs is 7. The highest BCUT2D eigenvalue weighted by Gasteiger charge is 2.36. The van der Waals surface area contributed by atoms with Crippen LogP contribution in [0.5, 0.6) is 0 Å². The Balaban J connectivity index is 1.13. The van der Waals surface area contributed by atoms with Crippen LogP contribution >= 0.6 is 0 Å². The lowest BCUT2D eigenvalue weighted by atomic mass is 9.82. The Morgan fingerprint density at radius 1 is 0.344 bits per heavy atom. The van der Waals surface area contributed by atoms with Crippen LogP contribution in [0.15, 0.2) is 237 Å². The van der Waals surface area contributed by atoms with E-state index in [4.69, 9.17) is 0 Å². The van der Waals surface area contributed by atoms with Gasteiger partial charge in [0.2, 0.25) is 0 Å². The molecule has 12 rings (SSSR count). The molecule has 3 nitrogen and oxygen atoms in total. The first-order valence-corrected chi connectivity index (χ1v) is 22.2. The van der Waals surface area contributed by atoms with Gasteiger partial charge in [0.15, 0.2) is 0 Å². The van der Waals surface area contributed by atoms with Crippen molar-refractivity contribution in [2.24, 2.45) is 0 Å². The number of benzene rings is 10. The van der Waals surface area contributed by atoms with Gasteiger partial charge in [0.1, 0.15) is 0 Å². The van der Waals surface area contributed by atoms with Crippen LogP contribution in [0.3, 0.4) is 0 Å². The Morgan fingerprint density at radius 2 is 0.938 bits per heavy atom. The fourth-order valence-corrected chi connectivity index (χ4v) is 10.3. The molecule has 0 saturated heterocycles. The maximum absolute atomic E-state index is 2.45. The molecule has 0 atom stereocenters. The highest BCUT2D eigenvalue weighted by Crippen LogP contribution is 2.52. The summed E-state index contributed by atoms with van der Waals surface area (Å²) in [7, 11) is 0. The molecule has 1 heterocycles. The Morgan fingerprint density at radius 3 is 1.73 bits per heavy atom. The van der Waals surface area contributed by atoms with Gasteiger partial charge in [0.05, 0.1) is 22.4 Å². The van der Waals surface area contributed by atoms with Gasteiger partial charge in [-0.25, -0.2) is 0 Å². The average molecular weight is 820 g/mol. The van der Waals surface area contributed by atoms with Crippen molar-refractivity contribution in [3.8, 4) is 27.9 Å². The molecule has 0 bridgehead atoms.